The summed E-state index contributed by atoms with van der Waals surface area (Å²) in [5.41, 5.74) is 1.26. The SMILES string of the molecule is CN=C(NCC1CCCOC1c1ccccc1)N1CCC(Oc2ccccn2)C1. The van der Waals surface area contributed by atoms with Gasteiger partial charge in [0, 0.05) is 51.3 Å². The minimum Gasteiger partial charge on any atom is -0.472 e. The summed E-state index contributed by atoms with van der Waals surface area (Å²) in [6.07, 6.45) is 5.29. The highest BCUT2D eigenvalue weighted by molar-refractivity contribution is 5.80. The van der Waals surface area contributed by atoms with Gasteiger partial charge in [-0.1, -0.05) is 36.4 Å². The fraction of sp³-hybridized carbons (Fsp3) is 0.478. The van der Waals surface area contributed by atoms with Gasteiger partial charge in [-0.25, -0.2) is 4.98 Å². The van der Waals surface area contributed by atoms with Gasteiger partial charge in [-0.3, -0.25) is 4.99 Å². The predicted molar refractivity (Wildman–Crippen MR) is 114 cm³/mol. The number of aromatic nitrogens is 1. The Labute approximate surface area is 173 Å². The molecule has 0 spiro atoms. The van der Waals surface area contributed by atoms with Gasteiger partial charge < -0.3 is 19.7 Å². The summed E-state index contributed by atoms with van der Waals surface area (Å²) in [6.45, 7) is 3.44. The summed E-state index contributed by atoms with van der Waals surface area (Å²) in [5, 5.41) is 3.59. The summed E-state index contributed by atoms with van der Waals surface area (Å²) in [4.78, 5) is 11.1. The lowest BCUT2D eigenvalue weighted by molar-refractivity contribution is -0.0266. The Morgan fingerprint density at radius 2 is 2.07 bits per heavy atom. The van der Waals surface area contributed by atoms with Crippen LogP contribution >= 0.6 is 0 Å². The normalized spacial score (nSPS) is 25.1. The van der Waals surface area contributed by atoms with E-state index in [1.807, 2.05) is 25.2 Å². The van der Waals surface area contributed by atoms with E-state index in [4.69, 9.17) is 9.47 Å². The molecule has 2 saturated heterocycles. The van der Waals surface area contributed by atoms with Crippen LogP contribution in [0.5, 0.6) is 5.88 Å². The van der Waals surface area contributed by atoms with E-state index in [2.05, 4.69) is 50.5 Å². The number of benzene rings is 1. The maximum atomic E-state index is 6.13. The summed E-state index contributed by atoms with van der Waals surface area (Å²) >= 11 is 0. The molecule has 2 aliphatic rings. The average Bonchev–Trinajstić information content (AvgIpc) is 3.24. The van der Waals surface area contributed by atoms with E-state index >= 15 is 0 Å². The van der Waals surface area contributed by atoms with Crippen molar-refractivity contribution in [3.63, 3.8) is 0 Å². The van der Waals surface area contributed by atoms with Gasteiger partial charge >= 0.3 is 0 Å². The molecule has 4 rings (SSSR count). The minimum absolute atomic E-state index is 0.138. The first-order chi connectivity index (χ1) is 14.3. The Morgan fingerprint density at radius 1 is 1.21 bits per heavy atom. The van der Waals surface area contributed by atoms with Gasteiger partial charge in [-0.05, 0) is 24.5 Å². The second-order valence-electron chi connectivity index (χ2n) is 7.68. The third-order valence-electron chi connectivity index (χ3n) is 5.68. The largest absolute Gasteiger partial charge is 0.472 e. The van der Waals surface area contributed by atoms with E-state index in [0.717, 1.165) is 51.5 Å². The molecule has 0 bridgehead atoms. The summed E-state index contributed by atoms with van der Waals surface area (Å²) in [7, 11) is 1.85. The number of guanidine groups is 1. The molecule has 1 N–H and O–H groups in total. The lowest BCUT2D eigenvalue weighted by Gasteiger charge is -2.33. The second kappa shape index (κ2) is 9.74. The van der Waals surface area contributed by atoms with Crippen LogP contribution in [0.2, 0.25) is 0 Å². The number of pyridine rings is 1. The molecule has 0 amide bonds. The molecule has 0 saturated carbocycles. The Hall–Kier alpha value is -2.60. The molecular weight excluding hydrogens is 364 g/mol. The number of ether oxygens (including phenoxy) is 2. The Balaban J connectivity index is 1.32. The van der Waals surface area contributed by atoms with Crippen molar-refractivity contribution in [3.05, 3.63) is 60.3 Å². The number of nitrogens with zero attached hydrogens (tertiary/aromatic N) is 3. The van der Waals surface area contributed by atoms with Crippen LogP contribution in [0.4, 0.5) is 0 Å². The zero-order valence-corrected chi connectivity index (χ0v) is 17.0. The van der Waals surface area contributed by atoms with E-state index < -0.39 is 0 Å². The fourth-order valence-corrected chi connectivity index (χ4v) is 4.22. The van der Waals surface area contributed by atoms with Crippen molar-refractivity contribution in [1.82, 2.24) is 15.2 Å². The molecule has 6 nitrogen and oxygen atoms in total. The molecule has 2 fully saturated rings. The van der Waals surface area contributed by atoms with E-state index in [0.29, 0.717) is 11.8 Å². The number of hydrogen-bond donors (Lipinski definition) is 1. The average molecular weight is 395 g/mol. The summed E-state index contributed by atoms with van der Waals surface area (Å²) in [6, 6.07) is 16.3. The smallest absolute Gasteiger partial charge is 0.213 e. The van der Waals surface area contributed by atoms with Gasteiger partial charge in [0.05, 0.1) is 12.6 Å². The Morgan fingerprint density at radius 3 is 2.86 bits per heavy atom. The molecule has 1 aromatic carbocycles. The fourth-order valence-electron chi connectivity index (χ4n) is 4.22. The first-order valence-electron chi connectivity index (χ1n) is 10.5. The van der Waals surface area contributed by atoms with Crippen molar-refractivity contribution in [2.45, 2.75) is 31.5 Å². The number of aliphatic imine (C=N–C) groups is 1. The topological polar surface area (TPSA) is 59.0 Å². The van der Waals surface area contributed by atoms with Crippen LogP contribution in [-0.4, -0.2) is 55.2 Å². The summed E-state index contributed by atoms with van der Waals surface area (Å²) < 4.78 is 12.1. The van der Waals surface area contributed by atoms with Gasteiger partial charge in [0.15, 0.2) is 5.96 Å². The van der Waals surface area contributed by atoms with Gasteiger partial charge in [0.1, 0.15) is 6.10 Å². The van der Waals surface area contributed by atoms with Crippen LogP contribution in [0.3, 0.4) is 0 Å². The molecule has 0 radical (unpaired) electrons. The Bertz CT molecular complexity index is 784. The van der Waals surface area contributed by atoms with Crippen LogP contribution in [0, 0.1) is 5.92 Å². The molecule has 0 aliphatic carbocycles. The van der Waals surface area contributed by atoms with Crippen molar-refractivity contribution in [2.75, 3.05) is 33.3 Å². The number of nitrogens with one attached hydrogen (secondary N) is 1. The third kappa shape index (κ3) is 5.07. The quantitative estimate of drug-likeness (QED) is 0.623. The highest BCUT2D eigenvalue weighted by Gasteiger charge is 2.30. The molecule has 3 unspecified atom stereocenters. The van der Waals surface area contributed by atoms with Crippen molar-refractivity contribution in [1.29, 1.82) is 0 Å². The van der Waals surface area contributed by atoms with Crippen molar-refractivity contribution in [3.8, 4) is 5.88 Å². The van der Waals surface area contributed by atoms with Crippen molar-refractivity contribution >= 4 is 5.96 Å². The second-order valence-corrected chi connectivity index (χ2v) is 7.68. The molecule has 2 aromatic rings. The molecule has 1 aromatic heterocycles. The van der Waals surface area contributed by atoms with Crippen LogP contribution in [0.25, 0.3) is 0 Å². The van der Waals surface area contributed by atoms with Crippen LogP contribution in [0.15, 0.2) is 59.7 Å². The van der Waals surface area contributed by atoms with Crippen molar-refractivity contribution < 1.29 is 9.47 Å². The standard InChI is InChI=1S/C23H30N4O2/c1-24-23(27-14-12-20(17-27)29-21-11-5-6-13-25-21)26-16-19-10-7-15-28-22(19)18-8-3-2-4-9-18/h2-6,8-9,11,13,19-20,22H,7,10,12,14-17H2,1H3,(H,24,26). The van der Waals surface area contributed by atoms with E-state index in [-0.39, 0.29) is 12.2 Å². The molecule has 3 atom stereocenters. The highest BCUT2D eigenvalue weighted by Crippen LogP contribution is 2.33. The van der Waals surface area contributed by atoms with Gasteiger partial charge in [-0.2, -0.15) is 0 Å². The lowest BCUT2D eigenvalue weighted by Crippen LogP contribution is -2.44. The number of hydrogen-bond acceptors (Lipinski definition) is 4. The molecule has 154 valence electrons. The molecule has 29 heavy (non-hydrogen) atoms. The third-order valence-corrected chi connectivity index (χ3v) is 5.68. The monoisotopic (exact) mass is 394 g/mol. The van der Waals surface area contributed by atoms with Crippen molar-refractivity contribution in [2.24, 2.45) is 10.9 Å². The van der Waals surface area contributed by atoms with Gasteiger partial charge in [0.2, 0.25) is 5.88 Å². The van der Waals surface area contributed by atoms with Crippen LogP contribution < -0.4 is 10.1 Å². The first kappa shape index (κ1) is 19.7. The van der Waals surface area contributed by atoms with E-state index in [9.17, 15) is 0 Å². The molecular formula is C23H30N4O2. The zero-order chi connectivity index (χ0) is 19.9. The predicted octanol–water partition coefficient (Wildman–Crippen LogP) is 3.28. The minimum atomic E-state index is 0.138. The van der Waals surface area contributed by atoms with E-state index in [1.54, 1.807) is 6.20 Å². The lowest BCUT2D eigenvalue weighted by atomic mass is 9.89. The maximum absolute atomic E-state index is 6.13. The van der Waals surface area contributed by atoms with Gasteiger partial charge in [-0.15, -0.1) is 0 Å². The van der Waals surface area contributed by atoms with Crippen LogP contribution in [0.1, 0.15) is 30.9 Å². The number of rotatable bonds is 5. The molecule has 6 heteroatoms. The highest BCUT2D eigenvalue weighted by atomic mass is 16.5. The zero-order valence-electron chi connectivity index (χ0n) is 17.0. The van der Waals surface area contributed by atoms with Gasteiger partial charge in [0.25, 0.3) is 0 Å². The first-order valence-corrected chi connectivity index (χ1v) is 10.5. The summed E-state index contributed by atoms with van der Waals surface area (Å²) in [5.74, 6) is 2.06. The van der Waals surface area contributed by atoms with E-state index in [1.165, 1.54) is 5.56 Å². The number of likely N-dealkylation sites (tertiary alicyclic amines) is 1. The molecule has 3 heterocycles. The maximum Gasteiger partial charge on any atom is 0.213 e. The molecule has 2 aliphatic heterocycles. The Kier molecular flexibility index (Phi) is 6.62. The van der Waals surface area contributed by atoms with Crippen LogP contribution in [-0.2, 0) is 4.74 Å².